The summed E-state index contributed by atoms with van der Waals surface area (Å²) in [6, 6.07) is 11.2. The van der Waals surface area contributed by atoms with Gasteiger partial charge in [0.1, 0.15) is 41.7 Å². The Labute approximate surface area is 404 Å². The predicted octanol–water partition coefficient (Wildman–Crippen LogP) is -1.32. The fourth-order valence-corrected chi connectivity index (χ4v) is 7.42. The standard InChI is InChI=1S/C47H66N14O9/c48-20-4-3-10-36(45(69)70)58-44(68)39(25-29-26-56-34-9-2-1-7-32(29)34)61-41(65)35(11-6-22-55-47(52)53)57-42(66)38(24-28-14-18-31(63)19-15-28)60-43(67)37(23-27-12-16-30(62)17-13-27)59-40(64)33(49)8-5-21-54-46(50)51/h1-2,7,9,12-19,26,33,35-39,56,62-63H,3-6,8,10-11,20-25,48-49H2,(H,57,66)(H,58,68)(H,59,64)(H,60,67)(H,61,65)(H,69,70)(H4,50,51,54)(H4,52,53,55). The van der Waals surface area contributed by atoms with E-state index in [4.69, 9.17) is 34.4 Å². The van der Waals surface area contributed by atoms with Crippen molar-refractivity contribution in [2.45, 2.75) is 100 Å². The highest BCUT2D eigenvalue weighted by Crippen LogP contribution is 2.20. The number of carboxylic acids is 1. The number of nitrogens with two attached hydrogens (primary N) is 6. The molecule has 6 atom stereocenters. The van der Waals surface area contributed by atoms with Crippen molar-refractivity contribution in [2.75, 3.05) is 19.6 Å². The quantitative estimate of drug-likeness (QED) is 0.0170. The molecule has 70 heavy (non-hydrogen) atoms. The predicted molar refractivity (Wildman–Crippen MR) is 264 cm³/mol. The SMILES string of the molecule is NCCCCC(NC(=O)C(Cc1c[nH]c2ccccc12)NC(=O)C(CCCN=C(N)N)NC(=O)C(Cc1ccc(O)cc1)NC(=O)C(Cc1ccc(O)cc1)NC(=O)C(N)CCCN=C(N)N)C(=O)O. The number of aromatic hydroxyl groups is 2. The number of benzene rings is 3. The van der Waals surface area contributed by atoms with Crippen LogP contribution in [0.3, 0.4) is 0 Å². The van der Waals surface area contributed by atoms with Gasteiger partial charge in [-0.05, 0) is 98.5 Å². The second kappa shape index (κ2) is 27.8. The van der Waals surface area contributed by atoms with Crippen molar-refractivity contribution in [3.05, 3.63) is 95.7 Å². The number of carbonyl (C=O) groups is 6. The fraction of sp³-hybridized carbons (Fsp3) is 0.404. The molecule has 3 aromatic carbocycles. The summed E-state index contributed by atoms with van der Waals surface area (Å²) in [6.45, 7) is 0.582. The van der Waals surface area contributed by atoms with E-state index in [1.165, 1.54) is 36.4 Å². The molecule has 21 N–H and O–H groups in total. The van der Waals surface area contributed by atoms with Crippen molar-refractivity contribution in [1.29, 1.82) is 0 Å². The molecule has 5 amide bonds. The lowest BCUT2D eigenvalue weighted by molar-refractivity contribution is -0.142. The highest BCUT2D eigenvalue weighted by molar-refractivity contribution is 5.97. The third kappa shape index (κ3) is 18.3. The first-order valence-electron chi connectivity index (χ1n) is 22.9. The molecule has 0 fully saturated rings. The first kappa shape index (κ1) is 54.7. The summed E-state index contributed by atoms with van der Waals surface area (Å²) in [5, 5.41) is 44.1. The molecular formula is C47H66N14O9. The third-order valence-corrected chi connectivity index (χ3v) is 11.2. The van der Waals surface area contributed by atoms with Gasteiger partial charge in [-0.2, -0.15) is 0 Å². The van der Waals surface area contributed by atoms with Gasteiger partial charge < -0.3 is 81.3 Å². The van der Waals surface area contributed by atoms with Gasteiger partial charge in [0, 0.05) is 49.5 Å². The zero-order valence-electron chi connectivity index (χ0n) is 38.8. The van der Waals surface area contributed by atoms with Crippen LogP contribution in [-0.2, 0) is 48.0 Å². The van der Waals surface area contributed by atoms with E-state index in [9.17, 15) is 44.1 Å². The molecule has 4 aromatic rings. The number of guanidine groups is 2. The van der Waals surface area contributed by atoms with Crippen molar-refractivity contribution >= 4 is 58.3 Å². The number of aliphatic carboxylic acids is 1. The number of unbranched alkanes of at least 4 members (excludes halogenated alkanes) is 1. The lowest BCUT2D eigenvalue weighted by atomic mass is 10.0. The third-order valence-electron chi connectivity index (χ3n) is 11.2. The van der Waals surface area contributed by atoms with Gasteiger partial charge in [-0.3, -0.25) is 34.0 Å². The molecular weight excluding hydrogens is 905 g/mol. The van der Waals surface area contributed by atoms with Gasteiger partial charge in [-0.25, -0.2) is 4.79 Å². The summed E-state index contributed by atoms with van der Waals surface area (Å²) in [7, 11) is 0. The minimum absolute atomic E-state index is 0.0354. The number of fused-ring (bicyclic) bond motifs is 1. The van der Waals surface area contributed by atoms with Gasteiger partial charge in [0.2, 0.25) is 29.5 Å². The minimum Gasteiger partial charge on any atom is -0.508 e. The molecule has 4 rings (SSSR count). The largest absolute Gasteiger partial charge is 0.508 e. The minimum atomic E-state index is -1.42. The zero-order chi connectivity index (χ0) is 51.2. The Morgan fingerprint density at radius 1 is 0.543 bits per heavy atom. The number of carbonyl (C=O) groups excluding carboxylic acids is 5. The highest BCUT2D eigenvalue weighted by Gasteiger charge is 2.34. The molecule has 378 valence electrons. The summed E-state index contributed by atoms with van der Waals surface area (Å²) < 4.78 is 0. The molecule has 0 saturated carbocycles. The molecule has 0 aliphatic heterocycles. The molecule has 1 heterocycles. The van der Waals surface area contributed by atoms with Crippen LogP contribution in [0.1, 0.15) is 61.6 Å². The molecule has 0 aliphatic rings. The van der Waals surface area contributed by atoms with Gasteiger partial charge >= 0.3 is 5.97 Å². The fourth-order valence-electron chi connectivity index (χ4n) is 7.42. The number of rotatable bonds is 29. The van der Waals surface area contributed by atoms with E-state index < -0.39 is 71.8 Å². The average Bonchev–Trinajstić information content (AvgIpc) is 3.73. The molecule has 0 spiro atoms. The summed E-state index contributed by atoms with van der Waals surface area (Å²) in [6.07, 6.45) is 2.93. The summed E-state index contributed by atoms with van der Waals surface area (Å²) in [4.78, 5) is 94.2. The normalized spacial score (nSPS) is 13.6. The Hall–Kier alpha value is -7.92. The molecule has 0 saturated heterocycles. The van der Waals surface area contributed by atoms with Crippen LogP contribution in [0.15, 0.2) is 89.0 Å². The Balaban J connectivity index is 1.67. The van der Waals surface area contributed by atoms with Gasteiger partial charge in [0.15, 0.2) is 11.9 Å². The van der Waals surface area contributed by atoms with Gasteiger partial charge in [0.25, 0.3) is 0 Å². The number of phenols is 2. The van der Waals surface area contributed by atoms with Gasteiger partial charge in [-0.1, -0.05) is 42.5 Å². The number of nitrogens with one attached hydrogen (secondary N) is 6. The number of aromatic amines is 1. The van der Waals surface area contributed by atoms with Crippen LogP contribution in [0.5, 0.6) is 11.5 Å². The average molecular weight is 971 g/mol. The Morgan fingerprint density at radius 2 is 0.986 bits per heavy atom. The van der Waals surface area contributed by atoms with Crippen molar-refractivity contribution in [3.8, 4) is 11.5 Å². The Bertz CT molecular complexity index is 2420. The maximum atomic E-state index is 14.6. The van der Waals surface area contributed by atoms with E-state index >= 15 is 0 Å². The number of aromatic nitrogens is 1. The van der Waals surface area contributed by atoms with E-state index in [-0.39, 0.29) is 81.5 Å². The number of aliphatic imine (C=N–C) groups is 2. The second-order valence-corrected chi connectivity index (χ2v) is 16.7. The van der Waals surface area contributed by atoms with Crippen molar-refractivity contribution in [1.82, 2.24) is 31.6 Å². The van der Waals surface area contributed by atoms with E-state index in [0.717, 1.165) is 10.9 Å². The zero-order valence-corrected chi connectivity index (χ0v) is 38.8. The molecule has 23 nitrogen and oxygen atoms in total. The molecule has 0 aliphatic carbocycles. The topological polar surface area (TPSA) is 420 Å². The molecule has 1 aromatic heterocycles. The first-order valence-corrected chi connectivity index (χ1v) is 22.9. The van der Waals surface area contributed by atoms with Gasteiger partial charge in [-0.15, -0.1) is 0 Å². The summed E-state index contributed by atoms with van der Waals surface area (Å²) in [5.74, 6) is -5.67. The van der Waals surface area contributed by atoms with Crippen LogP contribution in [0.2, 0.25) is 0 Å². The van der Waals surface area contributed by atoms with E-state index in [1.54, 1.807) is 24.4 Å². The lowest BCUT2D eigenvalue weighted by Crippen LogP contribution is -2.60. The van der Waals surface area contributed by atoms with E-state index in [0.29, 0.717) is 42.5 Å². The van der Waals surface area contributed by atoms with Crippen LogP contribution in [0.25, 0.3) is 10.9 Å². The van der Waals surface area contributed by atoms with Crippen molar-refractivity contribution in [3.63, 3.8) is 0 Å². The Kier molecular flexibility index (Phi) is 21.7. The van der Waals surface area contributed by atoms with Crippen molar-refractivity contribution in [2.24, 2.45) is 44.4 Å². The van der Waals surface area contributed by atoms with Crippen LogP contribution in [0.4, 0.5) is 0 Å². The number of nitrogens with zero attached hydrogens (tertiary/aromatic N) is 2. The van der Waals surface area contributed by atoms with E-state index in [1.807, 2.05) is 18.2 Å². The number of hydrogen-bond acceptors (Lipinski definition) is 12. The smallest absolute Gasteiger partial charge is 0.326 e. The number of para-hydroxylation sites is 1. The Morgan fingerprint density at radius 3 is 1.50 bits per heavy atom. The highest BCUT2D eigenvalue weighted by atomic mass is 16.4. The second-order valence-electron chi connectivity index (χ2n) is 16.7. The summed E-state index contributed by atoms with van der Waals surface area (Å²) in [5.41, 5.74) is 36.1. The van der Waals surface area contributed by atoms with Crippen LogP contribution >= 0.6 is 0 Å². The van der Waals surface area contributed by atoms with Crippen molar-refractivity contribution < 1.29 is 44.1 Å². The molecule has 0 bridgehead atoms. The molecule has 0 radical (unpaired) electrons. The van der Waals surface area contributed by atoms with Crippen LogP contribution in [-0.4, -0.2) is 124 Å². The monoisotopic (exact) mass is 971 g/mol. The number of H-pyrrole nitrogens is 1. The van der Waals surface area contributed by atoms with Crippen LogP contribution < -0.4 is 61.0 Å². The molecule has 23 heteroatoms. The summed E-state index contributed by atoms with van der Waals surface area (Å²) >= 11 is 0. The van der Waals surface area contributed by atoms with E-state index in [2.05, 4.69) is 41.6 Å². The number of amides is 5. The van der Waals surface area contributed by atoms with Gasteiger partial charge in [0.05, 0.1) is 6.04 Å². The number of phenolic OH excluding ortho intramolecular Hbond substituents is 2. The maximum Gasteiger partial charge on any atom is 0.326 e. The number of carboxylic acid groups (broad SMARTS) is 1. The molecule has 6 unspecified atom stereocenters. The maximum absolute atomic E-state index is 14.6. The first-order chi connectivity index (χ1) is 33.4. The lowest BCUT2D eigenvalue weighted by Gasteiger charge is -2.27. The number of hydrogen-bond donors (Lipinski definition) is 15. The van der Waals surface area contributed by atoms with Crippen LogP contribution in [0, 0.1) is 0 Å².